The number of hydrogen-bond donors (Lipinski definition) is 1. The van der Waals surface area contributed by atoms with Gasteiger partial charge in [-0.05, 0) is 12.8 Å². The quantitative estimate of drug-likeness (QED) is 0.868. The van der Waals surface area contributed by atoms with E-state index < -0.39 is 0 Å². The van der Waals surface area contributed by atoms with Gasteiger partial charge >= 0.3 is 0 Å². The third kappa shape index (κ3) is 2.58. The van der Waals surface area contributed by atoms with E-state index in [0.717, 1.165) is 23.5 Å². The molecule has 2 heterocycles. The molecule has 0 radical (unpaired) electrons. The fourth-order valence-corrected chi connectivity index (χ4v) is 3.27. The molecule has 1 aliphatic rings. The minimum absolute atomic E-state index is 0.191. The number of rotatable bonds is 3. The molecule has 18 heavy (non-hydrogen) atoms. The maximum atomic E-state index is 6.15. The van der Waals surface area contributed by atoms with Crippen LogP contribution in [0.25, 0.3) is 4.96 Å². The summed E-state index contributed by atoms with van der Waals surface area (Å²) in [5, 5.41) is 2.04. The van der Waals surface area contributed by atoms with Crippen LogP contribution in [0, 0.1) is 0 Å². The molecule has 0 bridgehead atoms. The van der Waals surface area contributed by atoms with Crippen LogP contribution in [-0.2, 0) is 11.3 Å². The molecule has 2 aromatic heterocycles. The second-order valence-corrected chi connectivity index (χ2v) is 5.85. The van der Waals surface area contributed by atoms with Gasteiger partial charge in [-0.15, -0.1) is 11.3 Å². The Hall–Kier alpha value is -0.910. The van der Waals surface area contributed by atoms with E-state index in [1.165, 1.54) is 19.3 Å². The third-order valence-corrected chi connectivity index (χ3v) is 4.36. The second-order valence-electron chi connectivity index (χ2n) is 4.98. The number of ether oxygens (including phenoxy) is 1. The Morgan fingerprint density at radius 1 is 1.39 bits per heavy atom. The van der Waals surface area contributed by atoms with Gasteiger partial charge in [0.25, 0.3) is 0 Å². The zero-order valence-electron chi connectivity index (χ0n) is 10.4. The lowest BCUT2D eigenvalue weighted by atomic mass is 10.1. The SMILES string of the molecule is NC1CCCCCC1OCc1cn2ccsc2n1. The van der Waals surface area contributed by atoms with Crippen molar-refractivity contribution >= 4 is 16.3 Å². The van der Waals surface area contributed by atoms with Crippen molar-refractivity contribution in [2.45, 2.75) is 50.9 Å². The number of nitrogens with two attached hydrogens (primary N) is 1. The van der Waals surface area contributed by atoms with Gasteiger partial charge in [-0.3, -0.25) is 4.40 Å². The largest absolute Gasteiger partial charge is 0.370 e. The molecule has 2 N–H and O–H groups in total. The topological polar surface area (TPSA) is 52.5 Å². The Labute approximate surface area is 111 Å². The summed E-state index contributed by atoms with van der Waals surface area (Å²) in [6.45, 7) is 0.576. The first-order chi connectivity index (χ1) is 8.83. The summed E-state index contributed by atoms with van der Waals surface area (Å²) in [5.41, 5.74) is 7.15. The molecule has 2 atom stereocenters. The van der Waals surface area contributed by atoms with Gasteiger partial charge in [0.2, 0.25) is 0 Å². The monoisotopic (exact) mass is 265 g/mol. The highest BCUT2D eigenvalue weighted by atomic mass is 32.1. The number of imidazole rings is 1. The van der Waals surface area contributed by atoms with Crippen molar-refractivity contribution in [3.63, 3.8) is 0 Å². The maximum absolute atomic E-state index is 6.15. The third-order valence-electron chi connectivity index (χ3n) is 3.59. The summed E-state index contributed by atoms with van der Waals surface area (Å²) in [6, 6.07) is 0.191. The molecule has 98 valence electrons. The van der Waals surface area contributed by atoms with Crippen LogP contribution in [0.4, 0.5) is 0 Å². The van der Waals surface area contributed by atoms with E-state index in [0.29, 0.717) is 6.61 Å². The lowest BCUT2D eigenvalue weighted by Crippen LogP contribution is -2.35. The predicted molar refractivity (Wildman–Crippen MR) is 72.7 cm³/mol. The molecule has 1 aliphatic carbocycles. The first-order valence-electron chi connectivity index (χ1n) is 6.61. The van der Waals surface area contributed by atoms with Crippen molar-refractivity contribution < 1.29 is 4.74 Å². The van der Waals surface area contributed by atoms with Crippen molar-refractivity contribution in [2.24, 2.45) is 5.73 Å². The first-order valence-corrected chi connectivity index (χ1v) is 7.49. The number of fused-ring (bicyclic) bond motifs is 1. The number of aromatic nitrogens is 2. The Bertz CT molecular complexity index is 479. The van der Waals surface area contributed by atoms with Crippen molar-refractivity contribution in [2.75, 3.05) is 0 Å². The summed E-state index contributed by atoms with van der Waals surface area (Å²) >= 11 is 1.65. The average molecular weight is 265 g/mol. The van der Waals surface area contributed by atoms with E-state index in [2.05, 4.69) is 4.98 Å². The molecular weight excluding hydrogens is 246 g/mol. The number of thiazole rings is 1. The smallest absolute Gasteiger partial charge is 0.193 e. The summed E-state index contributed by atoms with van der Waals surface area (Å²) < 4.78 is 8.00. The maximum Gasteiger partial charge on any atom is 0.193 e. The first kappa shape index (κ1) is 12.1. The molecule has 4 nitrogen and oxygen atoms in total. The molecule has 0 spiro atoms. The summed E-state index contributed by atoms with van der Waals surface area (Å²) in [7, 11) is 0. The van der Waals surface area contributed by atoms with Crippen LogP contribution in [0.1, 0.15) is 37.8 Å². The normalized spacial score (nSPS) is 25.4. The minimum Gasteiger partial charge on any atom is -0.370 e. The standard InChI is InChI=1S/C13H19N3OS/c14-11-4-2-1-3-5-12(11)17-9-10-8-16-6-7-18-13(16)15-10/h6-8,11-12H,1-5,9,14H2. The van der Waals surface area contributed by atoms with Crippen molar-refractivity contribution in [1.82, 2.24) is 9.38 Å². The van der Waals surface area contributed by atoms with Crippen LogP contribution < -0.4 is 5.73 Å². The Morgan fingerprint density at radius 2 is 2.28 bits per heavy atom. The highest BCUT2D eigenvalue weighted by molar-refractivity contribution is 7.15. The van der Waals surface area contributed by atoms with E-state index in [9.17, 15) is 0 Å². The van der Waals surface area contributed by atoms with Gasteiger partial charge in [0, 0.05) is 23.8 Å². The minimum atomic E-state index is 0.191. The van der Waals surface area contributed by atoms with E-state index in [1.807, 2.05) is 22.2 Å². The zero-order valence-corrected chi connectivity index (χ0v) is 11.2. The van der Waals surface area contributed by atoms with Gasteiger partial charge in [0.15, 0.2) is 4.96 Å². The van der Waals surface area contributed by atoms with Crippen LogP contribution >= 0.6 is 11.3 Å². The van der Waals surface area contributed by atoms with Crippen LogP contribution in [-0.4, -0.2) is 21.5 Å². The molecule has 0 saturated heterocycles. The second kappa shape index (κ2) is 5.38. The van der Waals surface area contributed by atoms with E-state index in [-0.39, 0.29) is 12.1 Å². The molecule has 0 aliphatic heterocycles. The molecular formula is C13H19N3OS. The molecule has 3 rings (SSSR count). The summed E-state index contributed by atoms with van der Waals surface area (Å²) in [5.74, 6) is 0. The zero-order chi connectivity index (χ0) is 12.4. The van der Waals surface area contributed by atoms with Gasteiger partial charge in [0.05, 0.1) is 18.4 Å². The van der Waals surface area contributed by atoms with Crippen LogP contribution in [0.5, 0.6) is 0 Å². The Kier molecular flexibility index (Phi) is 3.63. The van der Waals surface area contributed by atoms with Gasteiger partial charge in [-0.1, -0.05) is 19.3 Å². The van der Waals surface area contributed by atoms with Crippen molar-refractivity contribution in [3.05, 3.63) is 23.5 Å². The summed E-state index contributed by atoms with van der Waals surface area (Å²) in [4.78, 5) is 5.55. The average Bonchev–Trinajstić information content (AvgIpc) is 2.86. The van der Waals surface area contributed by atoms with Gasteiger partial charge in [-0.25, -0.2) is 4.98 Å². The lowest BCUT2D eigenvalue weighted by molar-refractivity contribution is 0.0180. The fraction of sp³-hybridized carbons (Fsp3) is 0.615. The van der Waals surface area contributed by atoms with Crippen molar-refractivity contribution in [1.29, 1.82) is 0 Å². The Balaban J connectivity index is 1.61. The number of hydrogen-bond acceptors (Lipinski definition) is 4. The Morgan fingerprint density at radius 3 is 3.17 bits per heavy atom. The lowest BCUT2D eigenvalue weighted by Gasteiger charge is -2.21. The highest BCUT2D eigenvalue weighted by Gasteiger charge is 2.21. The molecule has 0 aromatic carbocycles. The van der Waals surface area contributed by atoms with Gasteiger partial charge in [0.1, 0.15) is 0 Å². The van der Waals surface area contributed by atoms with Crippen LogP contribution in [0.3, 0.4) is 0 Å². The van der Waals surface area contributed by atoms with Crippen LogP contribution in [0.2, 0.25) is 0 Å². The molecule has 1 fully saturated rings. The number of nitrogens with zero attached hydrogens (tertiary/aromatic N) is 2. The highest BCUT2D eigenvalue weighted by Crippen LogP contribution is 2.20. The molecule has 2 aromatic rings. The van der Waals surface area contributed by atoms with E-state index >= 15 is 0 Å². The molecule has 5 heteroatoms. The predicted octanol–water partition coefficient (Wildman–Crippen LogP) is 2.57. The fourth-order valence-electron chi connectivity index (χ4n) is 2.55. The van der Waals surface area contributed by atoms with Crippen LogP contribution in [0.15, 0.2) is 17.8 Å². The van der Waals surface area contributed by atoms with Gasteiger partial charge < -0.3 is 10.5 Å². The van der Waals surface area contributed by atoms with E-state index in [4.69, 9.17) is 10.5 Å². The molecule has 1 saturated carbocycles. The summed E-state index contributed by atoms with van der Waals surface area (Å²) in [6.07, 6.45) is 10.2. The van der Waals surface area contributed by atoms with Gasteiger partial charge in [-0.2, -0.15) is 0 Å². The van der Waals surface area contributed by atoms with E-state index in [1.54, 1.807) is 11.3 Å². The molecule has 2 unspecified atom stereocenters. The van der Waals surface area contributed by atoms with Crippen molar-refractivity contribution in [3.8, 4) is 0 Å². The molecule has 0 amide bonds.